The summed E-state index contributed by atoms with van der Waals surface area (Å²) in [7, 11) is 4.29. The zero-order chi connectivity index (χ0) is 8.97. The molecule has 2 nitrogen and oxygen atoms in total. The molecule has 2 heteroatoms. The van der Waals surface area contributed by atoms with Gasteiger partial charge in [0.25, 0.3) is 0 Å². The summed E-state index contributed by atoms with van der Waals surface area (Å²) >= 11 is 0. The summed E-state index contributed by atoms with van der Waals surface area (Å²) in [6.07, 6.45) is 5.44. The predicted octanol–water partition coefficient (Wildman–Crippen LogP) is 1.47. The van der Waals surface area contributed by atoms with Crippen molar-refractivity contribution in [2.24, 2.45) is 0 Å². The van der Waals surface area contributed by atoms with Crippen LogP contribution in [0.1, 0.15) is 32.6 Å². The first kappa shape index (κ1) is 10.0. The van der Waals surface area contributed by atoms with E-state index in [9.17, 15) is 0 Å². The Morgan fingerprint density at radius 3 is 2.67 bits per heavy atom. The summed E-state index contributed by atoms with van der Waals surface area (Å²) in [5.74, 6) is 0. The number of rotatable bonds is 3. The van der Waals surface area contributed by atoms with Gasteiger partial charge in [-0.2, -0.15) is 0 Å². The van der Waals surface area contributed by atoms with Crippen molar-refractivity contribution in [2.45, 2.75) is 44.7 Å². The molecule has 1 aliphatic heterocycles. The first-order chi connectivity index (χ1) is 5.68. The van der Waals surface area contributed by atoms with Crippen LogP contribution >= 0.6 is 0 Å². The zero-order valence-electron chi connectivity index (χ0n) is 8.64. The van der Waals surface area contributed by atoms with Crippen LogP contribution < -0.4 is 5.32 Å². The van der Waals surface area contributed by atoms with Crippen LogP contribution in [0.3, 0.4) is 0 Å². The van der Waals surface area contributed by atoms with Crippen molar-refractivity contribution in [3.63, 3.8) is 0 Å². The average molecular weight is 170 g/mol. The topological polar surface area (TPSA) is 15.3 Å². The molecular formula is C10H22N2. The summed E-state index contributed by atoms with van der Waals surface area (Å²) < 4.78 is 0. The van der Waals surface area contributed by atoms with Gasteiger partial charge in [-0.15, -0.1) is 0 Å². The largest absolute Gasteiger partial charge is 0.311 e. The van der Waals surface area contributed by atoms with Gasteiger partial charge < -0.3 is 10.2 Å². The second kappa shape index (κ2) is 4.83. The van der Waals surface area contributed by atoms with Crippen LogP contribution in [0.2, 0.25) is 0 Å². The van der Waals surface area contributed by atoms with Crippen molar-refractivity contribution in [1.82, 2.24) is 10.2 Å². The van der Waals surface area contributed by atoms with E-state index < -0.39 is 0 Å². The van der Waals surface area contributed by atoms with E-state index in [1.165, 1.54) is 32.2 Å². The third kappa shape index (κ3) is 3.55. The Labute approximate surface area is 76.3 Å². The Hall–Kier alpha value is -0.0800. The van der Waals surface area contributed by atoms with Crippen LogP contribution in [0, 0.1) is 0 Å². The molecule has 0 saturated carbocycles. The van der Waals surface area contributed by atoms with Crippen LogP contribution in [0.5, 0.6) is 0 Å². The standard InChI is InChI=1S/C10H22N2/c1-9-5-4-6-10(11-9)7-8-12(2)3/h9-11H,4-8H2,1-3H3/t9-,10-/m0/s1. The molecule has 0 amide bonds. The number of hydrogen-bond acceptors (Lipinski definition) is 2. The molecule has 0 aromatic rings. The van der Waals surface area contributed by atoms with Crippen molar-refractivity contribution in [3.05, 3.63) is 0 Å². The molecule has 1 rings (SSSR count). The molecule has 0 radical (unpaired) electrons. The smallest absolute Gasteiger partial charge is 0.00817 e. The Morgan fingerprint density at radius 2 is 2.08 bits per heavy atom. The van der Waals surface area contributed by atoms with Gasteiger partial charge in [-0.1, -0.05) is 6.42 Å². The maximum absolute atomic E-state index is 3.64. The number of hydrogen-bond donors (Lipinski definition) is 1. The third-order valence-electron chi connectivity index (χ3n) is 2.63. The average Bonchev–Trinajstić information content (AvgIpc) is 2.01. The lowest BCUT2D eigenvalue weighted by atomic mass is 9.97. The van der Waals surface area contributed by atoms with E-state index in [-0.39, 0.29) is 0 Å². The molecule has 0 aliphatic carbocycles. The summed E-state index contributed by atoms with van der Waals surface area (Å²) in [5, 5.41) is 3.64. The monoisotopic (exact) mass is 170 g/mol. The molecular weight excluding hydrogens is 148 g/mol. The second-order valence-electron chi connectivity index (χ2n) is 4.29. The van der Waals surface area contributed by atoms with Crippen LogP contribution in [0.15, 0.2) is 0 Å². The van der Waals surface area contributed by atoms with E-state index in [0.29, 0.717) is 0 Å². The van der Waals surface area contributed by atoms with Crippen LogP contribution in [-0.2, 0) is 0 Å². The van der Waals surface area contributed by atoms with Crippen molar-refractivity contribution < 1.29 is 0 Å². The van der Waals surface area contributed by atoms with Crippen molar-refractivity contribution in [1.29, 1.82) is 0 Å². The molecule has 0 spiro atoms. The molecule has 12 heavy (non-hydrogen) atoms. The molecule has 0 aromatic carbocycles. The molecule has 72 valence electrons. The highest BCUT2D eigenvalue weighted by Crippen LogP contribution is 2.14. The van der Waals surface area contributed by atoms with E-state index in [2.05, 4.69) is 31.2 Å². The number of nitrogens with one attached hydrogen (secondary N) is 1. The van der Waals surface area contributed by atoms with Crippen LogP contribution in [0.4, 0.5) is 0 Å². The molecule has 1 saturated heterocycles. The van der Waals surface area contributed by atoms with Gasteiger partial charge in [0, 0.05) is 12.1 Å². The van der Waals surface area contributed by atoms with Crippen molar-refractivity contribution >= 4 is 0 Å². The van der Waals surface area contributed by atoms with E-state index in [1.807, 2.05) is 0 Å². The Morgan fingerprint density at radius 1 is 1.33 bits per heavy atom. The minimum atomic E-state index is 0.742. The molecule has 1 heterocycles. The van der Waals surface area contributed by atoms with E-state index >= 15 is 0 Å². The van der Waals surface area contributed by atoms with Gasteiger partial charge in [0.1, 0.15) is 0 Å². The Bertz CT molecular complexity index is 123. The normalized spacial score (nSPS) is 31.0. The summed E-state index contributed by atoms with van der Waals surface area (Å²) in [6, 6.07) is 1.52. The Kier molecular flexibility index (Phi) is 4.02. The highest BCUT2D eigenvalue weighted by Gasteiger charge is 2.16. The second-order valence-corrected chi connectivity index (χ2v) is 4.29. The highest BCUT2D eigenvalue weighted by atomic mass is 15.1. The minimum absolute atomic E-state index is 0.742. The van der Waals surface area contributed by atoms with Crippen molar-refractivity contribution in [3.8, 4) is 0 Å². The number of nitrogens with zero attached hydrogens (tertiary/aromatic N) is 1. The van der Waals surface area contributed by atoms with Crippen molar-refractivity contribution in [2.75, 3.05) is 20.6 Å². The van der Waals surface area contributed by atoms with Gasteiger partial charge in [0.15, 0.2) is 0 Å². The SMILES string of the molecule is C[C@H]1CCC[C@@H](CCN(C)C)N1. The minimum Gasteiger partial charge on any atom is -0.311 e. The zero-order valence-corrected chi connectivity index (χ0v) is 8.64. The molecule has 2 atom stereocenters. The summed E-state index contributed by atoms with van der Waals surface area (Å²) in [5.41, 5.74) is 0. The lowest BCUT2D eigenvalue weighted by Crippen LogP contribution is -2.41. The summed E-state index contributed by atoms with van der Waals surface area (Å²) in [6.45, 7) is 3.51. The molecule has 1 fully saturated rings. The fourth-order valence-electron chi connectivity index (χ4n) is 1.88. The quantitative estimate of drug-likeness (QED) is 0.690. The van der Waals surface area contributed by atoms with Gasteiger partial charge in [-0.05, 0) is 46.8 Å². The maximum Gasteiger partial charge on any atom is 0.00817 e. The maximum atomic E-state index is 3.64. The third-order valence-corrected chi connectivity index (χ3v) is 2.63. The van der Waals surface area contributed by atoms with Gasteiger partial charge in [-0.25, -0.2) is 0 Å². The Balaban J connectivity index is 2.14. The molecule has 0 unspecified atom stereocenters. The van der Waals surface area contributed by atoms with Gasteiger partial charge in [0.2, 0.25) is 0 Å². The van der Waals surface area contributed by atoms with Crippen LogP contribution in [0.25, 0.3) is 0 Å². The number of piperidine rings is 1. The van der Waals surface area contributed by atoms with Crippen LogP contribution in [-0.4, -0.2) is 37.6 Å². The fourth-order valence-corrected chi connectivity index (χ4v) is 1.88. The lowest BCUT2D eigenvalue weighted by Gasteiger charge is -2.29. The lowest BCUT2D eigenvalue weighted by molar-refractivity contribution is 0.288. The van der Waals surface area contributed by atoms with E-state index in [0.717, 1.165) is 12.1 Å². The van der Waals surface area contributed by atoms with Gasteiger partial charge >= 0.3 is 0 Å². The summed E-state index contributed by atoms with van der Waals surface area (Å²) in [4.78, 5) is 2.26. The molecule has 0 bridgehead atoms. The fraction of sp³-hybridized carbons (Fsp3) is 1.00. The first-order valence-electron chi connectivity index (χ1n) is 5.09. The van der Waals surface area contributed by atoms with E-state index in [4.69, 9.17) is 0 Å². The molecule has 1 N–H and O–H groups in total. The molecule has 1 aliphatic rings. The van der Waals surface area contributed by atoms with Gasteiger partial charge in [0.05, 0.1) is 0 Å². The van der Waals surface area contributed by atoms with E-state index in [1.54, 1.807) is 0 Å². The first-order valence-corrected chi connectivity index (χ1v) is 5.09. The predicted molar refractivity (Wildman–Crippen MR) is 53.4 cm³/mol. The molecule has 0 aromatic heterocycles. The van der Waals surface area contributed by atoms with Gasteiger partial charge in [-0.3, -0.25) is 0 Å². The highest BCUT2D eigenvalue weighted by molar-refractivity contribution is 4.77.